The van der Waals surface area contributed by atoms with Crippen molar-refractivity contribution in [2.45, 2.75) is 40.0 Å². The first-order valence-corrected chi connectivity index (χ1v) is 7.51. The summed E-state index contributed by atoms with van der Waals surface area (Å²) >= 11 is 0. The lowest BCUT2D eigenvalue weighted by molar-refractivity contribution is -0.131. The highest BCUT2D eigenvalue weighted by Crippen LogP contribution is 2.28. The van der Waals surface area contributed by atoms with Crippen LogP contribution in [0.15, 0.2) is 39.6 Å². The molecule has 2 rings (SSSR count). The highest BCUT2D eigenvalue weighted by Gasteiger charge is 2.13. The van der Waals surface area contributed by atoms with Gasteiger partial charge in [0.25, 0.3) is 0 Å². The highest BCUT2D eigenvalue weighted by atomic mass is 16.5. The van der Waals surface area contributed by atoms with E-state index < -0.39 is 5.97 Å². The zero-order chi connectivity index (χ0) is 16.1. The van der Waals surface area contributed by atoms with Crippen LogP contribution in [0.3, 0.4) is 0 Å². The van der Waals surface area contributed by atoms with Gasteiger partial charge in [-0.1, -0.05) is 32.4 Å². The number of hydrogen-bond donors (Lipinski definition) is 0. The number of allylic oxidation sites excluding steroid dienone is 2. The van der Waals surface area contributed by atoms with Crippen LogP contribution in [0.25, 0.3) is 16.5 Å². The summed E-state index contributed by atoms with van der Waals surface area (Å²) in [5.74, 6) is 0.371. The van der Waals surface area contributed by atoms with E-state index in [4.69, 9.17) is 9.15 Å². The van der Waals surface area contributed by atoms with Crippen molar-refractivity contribution in [2.24, 2.45) is 0 Å². The molecule has 0 amide bonds. The third-order valence-electron chi connectivity index (χ3n) is 3.26. The standard InChI is InChI=1S/C18H20O4/c1-4-7-13(8-5-2)17-11-15(20)14-9-6-10-16(18(14)22-17)21-12(3)19/h6-7,9-11H,4-5,8H2,1-3H3. The second-order valence-electron chi connectivity index (χ2n) is 5.09. The van der Waals surface area contributed by atoms with Gasteiger partial charge in [0, 0.05) is 13.0 Å². The summed E-state index contributed by atoms with van der Waals surface area (Å²) < 4.78 is 11.0. The SMILES string of the molecule is CCC=C(CCC)c1cc(=O)c2cccc(OC(C)=O)c2o1. The zero-order valence-corrected chi connectivity index (χ0v) is 13.1. The van der Waals surface area contributed by atoms with Crippen LogP contribution in [0.2, 0.25) is 0 Å². The fourth-order valence-electron chi connectivity index (χ4n) is 2.39. The minimum atomic E-state index is -0.446. The molecular weight excluding hydrogens is 280 g/mol. The van der Waals surface area contributed by atoms with E-state index in [-0.39, 0.29) is 11.2 Å². The van der Waals surface area contributed by atoms with Crippen LogP contribution in [0.4, 0.5) is 0 Å². The molecule has 0 aliphatic heterocycles. The third-order valence-corrected chi connectivity index (χ3v) is 3.26. The molecule has 0 aliphatic rings. The van der Waals surface area contributed by atoms with Crippen molar-refractivity contribution >= 4 is 22.5 Å². The number of esters is 1. The Morgan fingerprint density at radius 2 is 2.09 bits per heavy atom. The molecule has 0 N–H and O–H groups in total. The van der Waals surface area contributed by atoms with Crippen LogP contribution in [0.1, 0.15) is 45.8 Å². The van der Waals surface area contributed by atoms with Gasteiger partial charge in [0.2, 0.25) is 0 Å². The van der Waals surface area contributed by atoms with E-state index in [2.05, 4.69) is 13.0 Å². The lowest BCUT2D eigenvalue weighted by atomic mass is 10.1. The summed E-state index contributed by atoms with van der Waals surface area (Å²) in [4.78, 5) is 23.5. The molecule has 2 aromatic rings. The van der Waals surface area contributed by atoms with Gasteiger partial charge in [-0.3, -0.25) is 9.59 Å². The van der Waals surface area contributed by atoms with Gasteiger partial charge < -0.3 is 9.15 Å². The minimum absolute atomic E-state index is 0.136. The summed E-state index contributed by atoms with van der Waals surface area (Å²) in [7, 11) is 0. The average molecular weight is 300 g/mol. The van der Waals surface area contributed by atoms with Crippen molar-refractivity contribution in [3.8, 4) is 5.75 Å². The van der Waals surface area contributed by atoms with Crippen molar-refractivity contribution in [2.75, 3.05) is 0 Å². The second kappa shape index (κ2) is 7.07. The van der Waals surface area contributed by atoms with E-state index in [9.17, 15) is 9.59 Å². The Morgan fingerprint density at radius 1 is 1.32 bits per heavy atom. The number of rotatable bonds is 5. The first kappa shape index (κ1) is 16.0. The Kier molecular flexibility index (Phi) is 5.15. The maximum atomic E-state index is 12.3. The molecule has 4 heteroatoms. The Morgan fingerprint density at radius 3 is 2.73 bits per heavy atom. The highest BCUT2D eigenvalue weighted by molar-refractivity contribution is 5.86. The Labute approximate surface area is 129 Å². The molecule has 0 unspecified atom stereocenters. The Bertz CT molecular complexity index is 768. The molecule has 0 radical (unpaired) electrons. The summed E-state index contributed by atoms with van der Waals surface area (Å²) in [6.07, 6.45) is 4.71. The number of para-hydroxylation sites is 1. The third kappa shape index (κ3) is 3.45. The van der Waals surface area contributed by atoms with Crippen LogP contribution in [-0.4, -0.2) is 5.97 Å². The first-order valence-electron chi connectivity index (χ1n) is 7.51. The van der Waals surface area contributed by atoms with Gasteiger partial charge in [-0.05, 0) is 30.5 Å². The normalized spacial score (nSPS) is 11.7. The number of carbonyl (C=O) groups is 1. The summed E-state index contributed by atoms with van der Waals surface area (Å²) in [6.45, 7) is 5.44. The number of benzene rings is 1. The van der Waals surface area contributed by atoms with E-state index in [1.54, 1.807) is 18.2 Å². The van der Waals surface area contributed by atoms with Gasteiger partial charge in [-0.15, -0.1) is 0 Å². The largest absolute Gasteiger partial charge is 0.452 e. The zero-order valence-electron chi connectivity index (χ0n) is 13.1. The lowest BCUT2D eigenvalue weighted by Crippen LogP contribution is -2.06. The molecule has 0 bridgehead atoms. The Hall–Kier alpha value is -2.36. The van der Waals surface area contributed by atoms with Crippen LogP contribution >= 0.6 is 0 Å². The summed E-state index contributed by atoms with van der Waals surface area (Å²) in [6, 6.07) is 6.48. The topological polar surface area (TPSA) is 56.5 Å². The fourth-order valence-corrected chi connectivity index (χ4v) is 2.39. The molecule has 1 aromatic heterocycles. The van der Waals surface area contributed by atoms with Crippen molar-refractivity contribution in [1.29, 1.82) is 0 Å². The van der Waals surface area contributed by atoms with Crippen LogP contribution in [0.5, 0.6) is 5.75 Å². The van der Waals surface area contributed by atoms with Crippen molar-refractivity contribution in [3.05, 3.63) is 46.3 Å². The number of fused-ring (bicyclic) bond motifs is 1. The van der Waals surface area contributed by atoms with Gasteiger partial charge in [-0.25, -0.2) is 0 Å². The second-order valence-corrected chi connectivity index (χ2v) is 5.09. The number of hydrogen-bond acceptors (Lipinski definition) is 4. The van der Waals surface area contributed by atoms with Gasteiger partial charge in [0.1, 0.15) is 5.76 Å². The molecule has 1 heterocycles. The van der Waals surface area contributed by atoms with E-state index in [1.807, 2.05) is 6.92 Å². The van der Waals surface area contributed by atoms with Crippen LogP contribution in [0, 0.1) is 0 Å². The van der Waals surface area contributed by atoms with Gasteiger partial charge in [0.05, 0.1) is 5.39 Å². The first-order chi connectivity index (χ1) is 10.6. The van der Waals surface area contributed by atoms with E-state index in [0.29, 0.717) is 16.7 Å². The number of carbonyl (C=O) groups excluding carboxylic acids is 1. The van der Waals surface area contributed by atoms with Crippen molar-refractivity contribution < 1.29 is 13.9 Å². The van der Waals surface area contributed by atoms with E-state index in [1.165, 1.54) is 13.0 Å². The molecule has 1 aromatic carbocycles. The molecule has 0 aliphatic carbocycles. The van der Waals surface area contributed by atoms with Gasteiger partial charge in [0.15, 0.2) is 16.8 Å². The predicted molar refractivity (Wildman–Crippen MR) is 87.0 cm³/mol. The summed E-state index contributed by atoms with van der Waals surface area (Å²) in [5.41, 5.74) is 1.18. The molecule has 4 nitrogen and oxygen atoms in total. The van der Waals surface area contributed by atoms with E-state index >= 15 is 0 Å². The minimum Gasteiger partial charge on any atom is -0.452 e. The van der Waals surface area contributed by atoms with Gasteiger partial charge in [-0.2, -0.15) is 0 Å². The molecule has 0 fully saturated rings. The molecule has 22 heavy (non-hydrogen) atoms. The molecule has 0 saturated heterocycles. The Balaban J connectivity index is 2.66. The molecule has 0 saturated carbocycles. The monoisotopic (exact) mass is 300 g/mol. The predicted octanol–water partition coefficient (Wildman–Crippen LogP) is 4.31. The van der Waals surface area contributed by atoms with Crippen LogP contribution < -0.4 is 10.2 Å². The fraction of sp³-hybridized carbons (Fsp3) is 0.333. The maximum absolute atomic E-state index is 12.3. The van der Waals surface area contributed by atoms with E-state index in [0.717, 1.165) is 24.8 Å². The molecule has 0 spiro atoms. The molecule has 0 atom stereocenters. The lowest BCUT2D eigenvalue weighted by Gasteiger charge is -2.09. The summed E-state index contributed by atoms with van der Waals surface area (Å²) in [5, 5.41) is 0.412. The van der Waals surface area contributed by atoms with Crippen molar-refractivity contribution in [3.63, 3.8) is 0 Å². The van der Waals surface area contributed by atoms with Gasteiger partial charge >= 0.3 is 5.97 Å². The van der Waals surface area contributed by atoms with Crippen molar-refractivity contribution in [1.82, 2.24) is 0 Å². The smallest absolute Gasteiger partial charge is 0.308 e. The van der Waals surface area contributed by atoms with Crippen LogP contribution in [-0.2, 0) is 4.79 Å². The molecular formula is C18H20O4. The maximum Gasteiger partial charge on any atom is 0.308 e. The average Bonchev–Trinajstić information content (AvgIpc) is 2.47. The quantitative estimate of drug-likeness (QED) is 0.610. The molecule has 116 valence electrons. The number of ether oxygens (including phenoxy) is 1.